The number of hydrogen-bond donors (Lipinski definition) is 3. The Morgan fingerprint density at radius 2 is 1.61 bits per heavy atom. The zero-order valence-electron chi connectivity index (χ0n) is 15.7. The minimum Gasteiger partial charge on any atom is -0.366 e. The zero-order valence-corrected chi connectivity index (χ0v) is 15.7. The van der Waals surface area contributed by atoms with E-state index in [1.54, 1.807) is 30.3 Å². The molecule has 2 amide bonds. The van der Waals surface area contributed by atoms with Gasteiger partial charge >= 0.3 is 0 Å². The largest absolute Gasteiger partial charge is 0.366 e. The van der Waals surface area contributed by atoms with Crippen LogP contribution < -0.4 is 16.0 Å². The second kappa shape index (κ2) is 8.77. The van der Waals surface area contributed by atoms with Gasteiger partial charge < -0.3 is 16.0 Å². The molecule has 3 rings (SSSR count). The molecule has 3 aromatic rings. The van der Waals surface area contributed by atoms with Gasteiger partial charge in [-0.1, -0.05) is 24.3 Å². The lowest BCUT2D eigenvalue weighted by Gasteiger charge is -2.10. The molecular formula is C21H21N5O2. The summed E-state index contributed by atoms with van der Waals surface area (Å²) in [7, 11) is 0. The fourth-order valence-corrected chi connectivity index (χ4v) is 2.61. The highest BCUT2D eigenvalue weighted by Gasteiger charge is 2.10. The van der Waals surface area contributed by atoms with E-state index in [2.05, 4.69) is 25.9 Å². The van der Waals surface area contributed by atoms with Crippen LogP contribution in [0.15, 0.2) is 60.9 Å². The van der Waals surface area contributed by atoms with Gasteiger partial charge in [0, 0.05) is 30.9 Å². The van der Waals surface area contributed by atoms with Crippen LogP contribution >= 0.6 is 0 Å². The van der Waals surface area contributed by atoms with E-state index < -0.39 is 0 Å². The fourth-order valence-electron chi connectivity index (χ4n) is 2.61. The molecule has 0 saturated heterocycles. The van der Waals surface area contributed by atoms with E-state index in [4.69, 9.17) is 0 Å². The van der Waals surface area contributed by atoms with Gasteiger partial charge in [-0.3, -0.25) is 9.59 Å². The lowest BCUT2D eigenvalue weighted by Crippen LogP contribution is -2.15. The zero-order chi connectivity index (χ0) is 19.9. The summed E-state index contributed by atoms with van der Waals surface area (Å²) in [6.07, 6.45) is 1.36. The van der Waals surface area contributed by atoms with E-state index in [0.29, 0.717) is 23.7 Å². The highest BCUT2D eigenvalue weighted by Crippen LogP contribution is 2.15. The Balaban J connectivity index is 1.63. The number of carbonyl (C=O) groups is 2. The van der Waals surface area contributed by atoms with Crippen molar-refractivity contribution < 1.29 is 9.59 Å². The Morgan fingerprint density at radius 1 is 0.929 bits per heavy atom. The van der Waals surface area contributed by atoms with Crippen molar-refractivity contribution in [3.05, 3.63) is 77.7 Å². The molecule has 0 saturated carbocycles. The Morgan fingerprint density at radius 3 is 2.29 bits per heavy atom. The summed E-state index contributed by atoms with van der Waals surface area (Å²) < 4.78 is 0. The molecule has 0 aliphatic rings. The number of anilines is 3. The van der Waals surface area contributed by atoms with Gasteiger partial charge in [0.2, 0.25) is 5.91 Å². The summed E-state index contributed by atoms with van der Waals surface area (Å²) >= 11 is 0. The van der Waals surface area contributed by atoms with Crippen LogP contribution in [0.5, 0.6) is 0 Å². The van der Waals surface area contributed by atoms with Crippen molar-refractivity contribution in [2.75, 3.05) is 16.0 Å². The molecule has 0 aliphatic heterocycles. The lowest BCUT2D eigenvalue weighted by atomic mass is 10.1. The maximum Gasteiger partial charge on any atom is 0.274 e. The van der Waals surface area contributed by atoms with Crippen molar-refractivity contribution in [3.63, 3.8) is 0 Å². The van der Waals surface area contributed by atoms with Gasteiger partial charge in [0.05, 0.1) is 0 Å². The second-order valence-corrected chi connectivity index (χ2v) is 6.28. The van der Waals surface area contributed by atoms with Crippen molar-refractivity contribution in [2.24, 2.45) is 0 Å². The lowest BCUT2D eigenvalue weighted by molar-refractivity contribution is -0.114. The third kappa shape index (κ3) is 5.14. The van der Waals surface area contributed by atoms with Gasteiger partial charge in [-0.2, -0.15) is 0 Å². The number of aromatic nitrogens is 2. The van der Waals surface area contributed by atoms with Gasteiger partial charge in [-0.05, 0) is 42.3 Å². The summed E-state index contributed by atoms with van der Waals surface area (Å²) in [5.74, 6) is 0.0847. The van der Waals surface area contributed by atoms with Gasteiger partial charge in [-0.25, -0.2) is 9.97 Å². The number of nitrogens with one attached hydrogen (secondary N) is 3. The number of hydrogen-bond acceptors (Lipinski definition) is 5. The van der Waals surface area contributed by atoms with Crippen molar-refractivity contribution >= 4 is 29.0 Å². The van der Waals surface area contributed by atoms with Crippen LogP contribution in [0.1, 0.15) is 28.5 Å². The number of rotatable bonds is 6. The van der Waals surface area contributed by atoms with Crippen LogP contribution in [0.25, 0.3) is 0 Å². The summed E-state index contributed by atoms with van der Waals surface area (Å²) in [4.78, 5) is 31.7. The minimum absolute atomic E-state index is 0.150. The van der Waals surface area contributed by atoms with Crippen LogP contribution in [0, 0.1) is 6.92 Å². The standard InChI is InChI=1S/C21H21N5O2/c1-14-5-3-4-6-16(14)12-22-20-11-19(23-13-24-20)21(28)26-18-9-7-17(8-10-18)25-15(2)27/h3-11,13H,12H2,1-2H3,(H,25,27)(H,26,28)(H,22,23,24). The molecule has 3 N–H and O–H groups in total. The van der Waals surface area contributed by atoms with Crippen LogP contribution in [0.2, 0.25) is 0 Å². The van der Waals surface area contributed by atoms with E-state index in [9.17, 15) is 9.59 Å². The normalized spacial score (nSPS) is 10.2. The molecule has 0 atom stereocenters. The Labute approximate surface area is 163 Å². The van der Waals surface area contributed by atoms with E-state index in [-0.39, 0.29) is 17.5 Å². The molecule has 7 nitrogen and oxygen atoms in total. The smallest absolute Gasteiger partial charge is 0.274 e. The molecule has 0 fully saturated rings. The molecule has 1 aromatic heterocycles. The second-order valence-electron chi connectivity index (χ2n) is 6.28. The van der Waals surface area contributed by atoms with Gasteiger partial charge in [0.25, 0.3) is 5.91 Å². The van der Waals surface area contributed by atoms with Crippen LogP contribution in [0.3, 0.4) is 0 Å². The van der Waals surface area contributed by atoms with Gasteiger partial charge in [0.15, 0.2) is 0 Å². The molecule has 28 heavy (non-hydrogen) atoms. The average molecular weight is 375 g/mol. The summed E-state index contributed by atoms with van der Waals surface area (Å²) in [6, 6.07) is 16.5. The first-order chi connectivity index (χ1) is 13.5. The highest BCUT2D eigenvalue weighted by atomic mass is 16.2. The third-order valence-corrected chi connectivity index (χ3v) is 4.08. The molecule has 0 unspecified atom stereocenters. The van der Waals surface area contributed by atoms with E-state index in [1.807, 2.05) is 31.2 Å². The van der Waals surface area contributed by atoms with E-state index in [1.165, 1.54) is 18.8 Å². The maximum absolute atomic E-state index is 12.5. The number of carbonyl (C=O) groups excluding carboxylic acids is 2. The Kier molecular flexibility index (Phi) is 5.96. The molecule has 142 valence electrons. The van der Waals surface area contributed by atoms with Crippen molar-refractivity contribution in [3.8, 4) is 0 Å². The summed E-state index contributed by atoms with van der Waals surface area (Å²) in [5, 5.41) is 8.67. The summed E-state index contributed by atoms with van der Waals surface area (Å²) in [5.41, 5.74) is 3.87. The Hall–Kier alpha value is -3.74. The molecule has 7 heteroatoms. The fraction of sp³-hybridized carbons (Fsp3) is 0.143. The first-order valence-electron chi connectivity index (χ1n) is 8.81. The minimum atomic E-state index is -0.339. The van der Waals surface area contributed by atoms with Gasteiger partial charge in [-0.15, -0.1) is 0 Å². The quantitative estimate of drug-likeness (QED) is 0.612. The molecule has 0 radical (unpaired) electrons. The molecule has 1 heterocycles. The summed E-state index contributed by atoms with van der Waals surface area (Å²) in [6.45, 7) is 4.10. The first kappa shape index (κ1) is 19.0. The number of nitrogens with zero attached hydrogens (tertiary/aromatic N) is 2. The molecule has 2 aromatic carbocycles. The number of benzene rings is 2. The first-order valence-corrected chi connectivity index (χ1v) is 8.81. The van der Waals surface area contributed by atoms with Crippen molar-refractivity contribution in [1.82, 2.24) is 9.97 Å². The molecular weight excluding hydrogens is 354 g/mol. The average Bonchev–Trinajstić information content (AvgIpc) is 2.69. The number of amides is 2. The van der Waals surface area contributed by atoms with Crippen LogP contribution in [-0.2, 0) is 11.3 Å². The molecule has 0 bridgehead atoms. The van der Waals surface area contributed by atoms with Crippen molar-refractivity contribution in [1.29, 1.82) is 0 Å². The molecule has 0 spiro atoms. The van der Waals surface area contributed by atoms with Crippen molar-refractivity contribution in [2.45, 2.75) is 20.4 Å². The SMILES string of the molecule is CC(=O)Nc1ccc(NC(=O)c2cc(NCc3ccccc3C)ncn2)cc1. The molecule has 0 aliphatic carbocycles. The highest BCUT2D eigenvalue weighted by molar-refractivity contribution is 6.03. The monoisotopic (exact) mass is 375 g/mol. The number of aryl methyl sites for hydroxylation is 1. The van der Waals surface area contributed by atoms with E-state index in [0.717, 1.165) is 5.56 Å². The van der Waals surface area contributed by atoms with E-state index >= 15 is 0 Å². The van der Waals surface area contributed by atoms with Crippen LogP contribution in [-0.4, -0.2) is 21.8 Å². The van der Waals surface area contributed by atoms with Crippen LogP contribution in [0.4, 0.5) is 17.2 Å². The predicted octanol–water partition coefficient (Wildman–Crippen LogP) is 3.61. The van der Waals surface area contributed by atoms with Gasteiger partial charge in [0.1, 0.15) is 17.8 Å². The third-order valence-electron chi connectivity index (χ3n) is 4.08. The predicted molar refractivity (Wildman–Crippen MR) is 109 cm³/mol. The maximum atomic E-state index is 12.5. The topological polar surface area (TPSA) is 96.0 Å². The Bertz CT molecular complexity index is 986.